The molecule has 0 radical (unpaired) electrons. The summed E-state index contributed by atoms with van der Waals surface area (Å²) in [4.78, 5) is 43.2. The highest BCUT2D eigenvalue weighted by Gasteiger charge is 2.75. The number of carbonyl (C=O) groups is 3. The van der Waals surface area contributed by atoms with Crippen LogP contribution in [0.25, 0.3) is 0 Å². The van der Waals surface area contributed by atoms with Crippen molar-refractivity contribution in [3.8, 4) is 11.5 Å². The van der Waals surface area contributed by atoms with Crippen molar-refractivity contribution in [1.82, 2.24) is 9.80 Å². The van der Waals surface area contributed by atoms with Crippen molar-refractivity contribution in [2.45, 2.75) is 94.2 Å². The van der Waals surface area contributed by atoms with Gasteiger partial charge >= 0.3 is 18.1 Å². The Labute approximate surface area is 289 Å². The van der Waals surface area contributed by atoms with Crippen LogP contribution in [-0.2, 0) is 50.0 Å². The third-order valence-electron chi connectivity index (χ3n) is 11.4. The molecular formula is C39H41F3N2O6. The van der Waals surface area contributed by atoms with Crippen LogP contribution in [0, 0.1) is 0 Å². The molecule has 0 N–H and O–H groups in total. The Kier molecular flexibility index (Phi) is 8.69. The average Bonchev–Trinajstić information content (AvgIpc) is 3.43. The van der Waals surface area contributed by atoms with Gasteiger partial charge in [-0.3, -0.25) is 19.3 Å². The van der Waals surface area contributed by atoms with Crippen molar-refractivity contribution in [2.24, 2.45) is 0 Å². The number of rotatable bonds is 9. The number of hydrogen-bond donors (Lipinski definition) is 0. The lowest BCUT2D eigenvalue weighted by molar-refractivity contribution is -0.223. The number of hydrogen-bond acceptors (Lipinski definition) is 7. The lowest BCUT2D eigenvalue weighted by atomic mass is 9.48. The lowest BCUT2D eigenvalue weighted by Crippen LogP contribution is -2.79. The molecule has 2 aliphatic heterocycles. The van der Waals surface area contributed by atoms with Crippen molar-refractivity contribution >= 4 is 17.8 Å². The highest BCUT2D eigenvalue weighted by molar-refractivity contribution is 5.77. The molecule has 4 aliphatic rings. The van der Waals surface area contributed by atoms with Crippen LogP contribution >= 0.6 is 0 Å². The number of ether oxygens (including phenoxy) is 3. The number of piperidine rings is 1. The normalized spacial score (nSPS) is 26.4. The van der Waals surface area contributed by atoms with Crippen LogP contribution in [0.3, 0.4) is 0 Å². The predicted molar refractivity (Wildman–Crippen MR) is 178 cm³/mol. The van der Waals surface area contributed by atoms with Gasteiger partial charge in [-0.15, -0.1) is 0 Å². The van der Waals surface area contributed by atoms with E-state index in [0.717, 1.165) is 42.8 Å². The van der Waals surface area contributed by atoms with Gasteiger partial charge < -0.3 is 19.1 Å². The molecule has 1 saturated carbocycles. The molecule has 2 heterocycles. The summed E-state index contributed by atoms with van der Waals surface area (Å²) in [5, 5.41) is 0. The van der Waals surface area contributed by atoms with E-state index in [4.69, 9.17) is 14.2 Å². The molecule has 2 unspecified atom stereocenters. The number of carbonyl (C=O) groups excluding carboxylic acids is 3. The van der Waals surface area contributed by atoms with Crippen LogP contribution in [0.15, 0.2) is 66.7 Å². The summed E-state index contributed by atoms with van der Waals surface area (Å²) < 4.78 is 58.4. The monoisotopic (exact) mass is 690 g/mol. The van der Waals surface area contributed by atoms with E-state index in [-0.39, 0.29) is 30.8 Å². The van der Waals surface area contributed by atoms with Gasteiger partial charge in [0, 0.05) is 39.4 Å². The summed E-state index contributed by atoms with van der Waals surface area (Å²) in [7, 11) is 1.74. The Morgan fingerprint density at radius 1 is 0.940 bits per heavy atom. The topological polar surface area (TPSA) is 85.4 Å². The maximum Gasteiger partial charge on any atom is 0.416 e. The quantitative estimate of drug-likeness (QED) is 0.200. The predicted octanol–water partition coefficient (Wildman–Crippen LogP) is 6.06. The number of likely N-dealkylation sites (N-methyl/N-ethyl adjacent to an activating group) is 1. The van der Waals surface area contributed by atoms with Crippen molar-refractivity contribution in [3.05, 3.63) is 94.5 Å². The second kappa shape index (κ2) is 12.7. The summed E-state index contributed by atoms with van der Waals surface area (Å²) in [5.41, 5.74) is 1.31. The Bertz CT molecular complexity index is 1800. The molecule has 11 heteroatoms. The van der Waals surface area contributed by atoms with Crippen LogP contribution in [-0.4, -0.2) is 71.6 Å². The number of alkyl halides is 3. The number of aryl methyl sites for hydroxylation is 1. The molecule has 0 aromatic heterocycles. The maximum absolute atomic E-state index is 13.8. The number of benzene rings is 3. The molecular weight excluding hydrogens is 649 g/mol. The third kappa shape index (κ3) is 5.63. The van der Waals surface area contributed by atoms with Gasteiger partial charge in [0.15, 0.2) is 11.5 Å². The number of amides is 1. The second-order valence-corrected chi connectivity index (χ2v) is 14.1. The number of halogens is 3. The van der Waals surface area contributed by atoms with Gasteiger partial charge in [0.2, 0.25) is 5.91 Å². The molecule has 1 amide bonds. The van der Waals surface area contributed by atoms with E-state index in [1.807, 2.05) is 24.3 Å². The minimum atomic E-state index is -4.43. The van der Waals surface area contributed by atoms with Gasteiger partial charge in [0.1, 0.15) is 11.7 Å². The summed E-state index contributed by atoms with van der Waals surface area (Å²) in [5.74, 6) is -0.269. The van der Waals surface area contributed by atoms with Crippen molar-refractivity contribution < 1.29 is 41.8 Å². The number of esters is 2. The number of likely N-dealkylation sites (tertiary alicyclic amines) is 1. The molecule has 2 aliphatic carbocycles. The van der Waals surface area contributed by atoms with E-state index >= 15 is 0 Å². The van der Waals surface area contributed by atoms with Gasteiger partial charge in [-0.2, -0.15) is 13.2 Å². The van der Waals surface area contributed by atoms with Crippen LogP contribution in [0.1, 0.15) is 67.3 Å². The maximum atomic E-state index is 13.8. The van der Waals surface area contributed by atoms with E-state index in [1.165, 1.54) is 31.5 Å². The van der Waals surface area contributed by atoms with Crippen LogP contribution in [0.4, 0.5) is 13.2 Å². The molecule has 50 heavy (non-hydrogen) atoms. The Balaban J connectivity index is 1.23. The SMILES string of the molecule is CC(=O)Oc1ccc2c3c1OC1C(N(C)C(=O)CCc4ccc(C(F)(F)F)cc4)CC[C@@]4(OC(C)=O)[C@@H](C2)N(CCc2ccccc2)CC[C@]314. The fourth-order valence-electron chi connectivity index (χ4n) is 9.32. The molecule has 8 nitrogen and oxygen atoms in total. The molecule has 3 aromatic carbocycles. The molecule has 1 spiro atoms. The van der Waals surface area contributed by atoms with E-state index in [1.54, 1.807) is 18.0 Å². The zero-order valence-electron chi connectivity index (χ0n) is 28.4. The van der Waals surface area contributed by atoms with Crippen LogP contribution in [0.2, 0.25) is 0 Å². The highest BCUT2D eigenvalue weighted by atomic mass is 19.4. The first-order valence-electron chi connectivity index (χ1n) is 17.2. The van der Waals surface area contributed by atoms with Crippen molar-refractivity contribution in [1.29, 1.82) is 0 Å². The average molecular weight is 691 g/mol. The molecule has 264 valence electrons. The summed E-state index contributed by atoms with van der Waals surface area (Å²) in [6.45, 7) is 4.27. The highest BCUT2D eigenvalue weighted by Crippen LogP contribution is 2.67. The second-order valence-electron chi connectivity index (χ2n) is 14.1. The van der Waals surface area contributed by atoms with Gasteiger partial charge in [0.25, 0.3) is 0 Å². The molecule has 5 atom stereocenters. The van der Waals surface area contributed by atoms with E-state index in [9.17, 15) is 27.6 Å². The first-order valence-corrected chi connectivity index (χ1v) is 17.2. The Morgan fingerprint density at radius 3 is 2.34 bits per heavy atom. The minimum absolute atomic E-state index is 0.0972. The fourth-order valence-corrected chi connectivity index (χ4v) is 9.32. The lowest BCUT2D eigenvalue weighted by Gasteiger charge is -2.65. The standard InChI is InChI=1S/C39H41F3N2O6/c1-24(45)48-31-15-12-28-23-32-38(50-25(2)46)19-17-30(43(3)33(47)16-11-27-9-13-29(14-10-27)39(40,41)42)36-37(38,34(28)35(31)49-36)20-22-44(32)21-18-26-7-5-4-6-8-26/h4-10,12-15,30,32,36H,11,16-23H2,1-3H3/t30?,32-,36?,37+,38-/m1/s1. The summed E-state index contributed by atoms with van der Waals surface area (Å²) in [6.07, 6.45) is -1.60. The Morgan fingerprint density at radius 2 is 1.66 bits per heavy atom. The zero-order chi connectivity index (χ0) is 35.4. The van der Waals surface area contributed by atoms with Crippen LogP contribution in [0.5, 0.6) is 11.5 Å². The smallest absolute Gasteiger partial charge is 0.416 e. The van der Waals surface area contributed by atoms with Crippen molar-refractivity contribution in [2.75, 3.05) is 20.1 Å². The first-order chi connectivity index (χ1) is 23.8. The van der Waals surface area contributed by atoms with E-state index < -0.39 is 40.9 Å². The minimum Gasteiger partial charge on any atom is -0.483 e. The van der Waals surface area contributed by atoms with Gasteiger partial charge in [-0.25, -0.2) is 0 Å². The Hall–Kier alpha value is -4.38. The largest absolute Gasteiger partial charge is 0.483 e. The molecule has 2 bridgehead atoms. The summed E-state index contributed by atoms with van der Waals surface area (Å²) >= 11 is 0. The zero-order valence-corrected chi connectivity index (χ0v) is 28.4. The van der Waals surface area contributed by atoms with Crippen LogP contribution < -0.4 is 9.47 Å². The molecule has 3 aromatic rings. The van der Waals surface area contributed by atoms with Gasteiger partial charge in [-0.1, -0.05) is 48.5 Å². The van der Waals surface area contributed by atoms with E-state index in [0.29, 0.717) is 42.7 Å². The molecule has 2 fully saturated rings. The number of nitrogens with zero attached hydrogens (tertiary/aromatic N) is 2. The first kappa shape index (κ1) is 34.1. The molecule has 1 saturated heterocycles. The molecule has 7 rings (SSSR count). The van der Waals surface area contributed by atoms with Gasteiger partial charge in [0.05, 0.1) is 23.1 Å². The third-order valence-corrected chi connectivity index (χ3v) is 11.4. The summed E-state index contributed by atoms with van der Waals surface area (Å²) in [6, 6.07) is 18.4. The fraction of sp³-hybridized carbons (Fsp3) is 0.462. The van der Waals surface area contributed by atoms with E-state index in [2.05, 4.69) is 17.0 Å². The van der Waals surface area contributed by atoms with Gasteiger partial charge in [-0.05, 0) is 80.0 Å². The van der Waals surface area contributed by atoms with Crippen molar-refractivity contribution in [3.63, 3.8) is 0 Å².